The van der Waals surface area contributed by atoms with Crippen LogP contribution >= 0.6 is 27.5 Å². The molecule has 0 aliphatic heterocycles. The molecule has 0 fully saturated rings. The van der Waals surface area contributed by atoms with Crippen LogP contribution in [0.4, 0.5) is 5.69 Å². The lowest BCUT2D eigenvalue weighted by molar-refractivity contribution is -0.116. The van der Waals surface area contributed by atoms with Crippen molar-refractivity contribution >= 4 is 39.1 Å². The molecule has 0 atom stereocenters. The number of amides is 1. The third kappa shape index (κ3) is 3.71. The minimum Gasteiger partial charge on any atom is -0.324 e. The largest absolute Gasteiger partial charge is 0.324 e. The molecule has 2 rings (SSSR count). The van der Waals surface area contributed by atoms with Gasteiger partial charge in [-0.25, -0.2) is 0 Å². The van der Waals surface area contributed by atoms with Gasteiger partial charge in [-0.15, -0.1) is 0 Å². The van der Waals surface area contributed by atoms with Crippen molar-refractivity contribution < 1.29 is 4.79 Å². The Kier molecular flexibility index (Phi) is 4.62. The maximum atomic E-state index is 11.9. The number of hydrogen-bond acceptors (Lipinski definition) is 2. The number of rotatable bonds is 3. The Morgan fingerprint density at radius 3 is 2.80 bits per heavy atom. The van der Waals surface area contributed by atoms with E-state index in [9.17, 15) is 9.59 Å². The monoisotopic (exact) mass is 354 g/mol. The topological polar surface area (TPSA) is 51.1 Å². The van der Waals surface area contributed by atoms with Gasteiger partial charge in [-0.1, -0.05) is 17.7 Å². The van der Waals surface area contributed by atoms with Crippen molar-refractivity contribution in [3.05, 3.63) is 61.9 Å². The molecule has 0 saturated heterocycles. The molecule has 1 N–H and O–H groups in total. The Bertz CT molecular complexity index is 713. The molecule has 0 unspecified atom stereocenters. The van der Waals surface area contributed by atoms with Crippen LogP contribution in [-0.4, -0.2) is 10.5 Å². The molecule has 1 heterocycles. The zero-order valence-corrected chi connectivity index (χ0v) is 13.0. The highest BCUT2D eigenvalue weighted by Crippen LogP contribution is 2.19. The van der Waals surface area contributed by atoms with Crippen LogP contribution in [-0.2, 0) is 11.3 Å². The first-order chi connectivity index (χ1) is 9.45. The van der Waals surface area contributed by atoms with E-state index in [2.05, 4.69) is 21.2 Å². The number of pyridine rings is 1. The number of aromatic nitrogens is 1. The first kappa shape index (κ1) is 14.8. The van der Waals surface area contributed by atoms with E-state index in [1.54, 1.807) is 24.4 Å². The summed E-state index contributed by atoms with van der Waals surface area (Å²) in [5.74, 6) is -0.287. The summed E-state index contributed by atoms with van der Waals surface area (Å²) in [4.78, 5) is 23.5. The van der Waals surface area contributed by atoms with Gasteiger partial charge in [0.2, 0.25) is 5.91 Å². The van der Waals surface area contributed by atoms with Gasteiger partial charge in [0.1, 0.15) is 6.54 Å². The Hall–Kier alpha value is -1.59. The summed E-state index contributed by atoms with van der Waals surface area (Å²) in [5, 5.41) is 3.29. The van der Waals surface area contributed by atoms with Crippen LogP contribution < -0.4 is 10.9 Å². The van der Waals surface area contributed by atoms with Gasteiger partial charge in [-0.2, -0.15) is 0 Å². The molecule has 1 amide bonds. The van der Waals surface area contributed by atoms with Crippen LogP contribution in [0.2, 0.25) is 5.02 Å². The van der Waals surface area contributed by atoms with Crippen molar-refractivity contribution in [2.24, 2.45) is 0 Å². The second-order valence-corrected chi connectivity index (χ2v) is 5.65. The fraction of sp³-hybridized carbons (Fsp3) is 0.143. The van der Waals surface area contributed by atoms with Crippen LogP contribution in [0.3, 0.4) is 0 Å². The first-order valence-electron chi connectivity index (χ1n) is 5.88. The number of benzene rings is 1. The van der Waals surface area contributed by atoms with E-state index in [1.807, 2.05) is 13.0 Å². The molecule has 4 nitrogen and oxygen atoms in total. The van der Waals surface area contributed by atoms with Crippen LogP contribution in [0.15, 0.2) is 45.8 Å². The number of carbonyl (C=O) groups is 1. The van der Waals surface area contributed by atoms with E-state index in [0.29, 0.717) is 10.7 Å². The number of nitrogens with one attached hydrogen (secondary N) is 1. The van der Waals surface area contributed by atoms with Crippen molar-refractivity contribution in [3.63, 3.8) is 0 Å². The number of nitrogens with zero attached hydrogens (tertiary/aromatic N) is 1. The van der Waals surface area contributed by atoms with E-state index in [1.165, 1.54) is 10.6 Å². The maximum Gasteiger partial charge on any atom is 0.251 e. The number of anilines is 1. The lowest BCUT2D eigenvalue weighted by Gasteiger charge is -2.08. The quantitative estimate of drug-likeness (QED) is 0.919. The average Bonchev–Trinajstić information content (AvgIpc) is 2.38. The van der Waals surface area contributed by atoms with E-state index < -0.39 is 0 Å². The molecule has 0 spiro atoms. The molecule has 104 valence electrons. The molecular formula is C14H12BrClN2O2. The van der Waals surface area contributed by atoms with Gasteiger partial charge in [0.25, 0.3) is 5.56 Å². The molecular weight excluding hydrogens is 344 g/mol. The van der Waals surface area contributed by atoms with Crippen molar-refractivity contribution in [1.82, 2.24) is 4.57 Å². The summed E-state index contributed by atoms with van der Waals surface area (Å²) < 4.78 is 2.07. The van der Waals surface area contributed by atoms with Gasteiger partial charge in [0, 0.05) is 27.4 Å². The first-order valence-corrected chi connectivity index (χ1v) is 7.05. The number of carbonyl (C=O) groups excluding carboxylic acids is 1. The van der Waals surface area contributed by atoms with Crippen LogP contribution in [0.25, 0.3) is 0 Å². The van der Waals surface area contributed by atoms with E-state index in [4.69, 9.17) is 11.6 Å². The number of hydrogen-bond donors (Lipinski definition) is 1. The van der Waals surface area contributed by atoms with E-state index in [-0.39, 0.29) is 18.0 Å². The van der Waals surface area contributed by atoms with E-state index in [0.717, 1.165) is 10.0 Å². The molecule has 0 aliphatic carbocycles. The Labute approximate surface area is 129 Å². The highest BCUT2D eigenvalue weighted by atomic mass is 79.9. The van der Waals surface area contributed by atoms with Gasteiger partial charge >= 0.3 is 0 Å². The van der Waals surface area contributed by atoms with Gasteiger partial charge < -0.3 is 9.88 Å². The average molecular weight is 356 g/mol. The van der Waals surface area contributed by atoms with Crippen molar-refractivity contribution in [3.8, 4) is 0 Å². The normalized spacial score (nSPS) is 10.3. The SMILES string of the molecule is Cc1ccc(NC(=O)Cn2cc(Br)ccc2=O)cc1Cl. The summed E-state index contributed by atoms with van der Waals surface area (Å²) in [7, 11) is 0. The van der Waals surface area contributed by atoms with E-state index >= 15 is 0 Å². The summed E-state index contributed by atoms with van der Waals surface area (Å²) >= 11 is 9.25. The molecule has 20 heavy (non-hydrogen) atoms. The predicted molar refractivity (Wildman–Crippen MR) is 83.2 cm³/mol. The second kappa shape index (κ2) is 6.24. The van der Waals surface area contributed by atoms with Crippen molar-refractivity contribution in [1.29, 1.82) is 0 Å². The summed E-state index contributed by atoms with van der Waals surface area (Å²) in [6.45, 7) is 1.83. The second-order valence-electron chi connectivity index (χ2n) is 4.33. The Morgan fingerprint density at radius 1 is 1.35 bits per heavy atom. The van der Waals surface area contributed by atoms with Crippen LogP contribution in [0, 0.1) is 6.92 Å². The zero-order valence-electron chi connectivity index (χ0n) is 10.7. The summed E-state index contributed by atoms with van der Waals surface area (Å²) in [6.07, 6.45) is 1.57. The molecule has 0 bridgehead atoms. The zero-order chi connectivity index (χ0) is 14.7. The van der Waals surface area contributed by atoms with Gasteiger partial charge in [0.05, 0.1) is 0 Å². The number of halogens is 2. The molecule has 0 aliphatic rings. The molecule has 6 heteroatoms. The standard InChI is InChI=1S/C14H12BrClN2O2/c1-9-2-4-11(6-12(9)16)17-13(19)8-18-7-10(15)3-5-14(18)20/h2-7H,8H2,1H3,(H,17,19). The minimum atomic E-state index is -0.287. The lowest BCUT2D eigenvalue weighted by atomic mass is 10.2. The molecule has 0 saturated carbocycles. The fourth-order valence-electron chi connectivity index (χ4n) is 1.65. The van der Waals surface area contributed by atoms with Gasteiger partial charge in [-0.05, 0) is 46.6 Å². The highest BCUT2D eigenvalue weighted by molar-refractivity contribution is 9.10. The molecule has 0 radical (unpaired) electrons. The maximum absolute atomic E-state index is 11.9. The van der Waals surface area contributed by atoms with Crippen LogP contribution in [0.5, 0.6) is 0 Å². The summed E-state index contributed by atoms with van der Waals surface area (Å²) in [5.41, 5.74) is 1.31. The lowest BCUT2D eigenvalue weighted by Crippen LogP contribution is -2.26. The van der Waals surface area contributed by atoms with Gasteiger partial charge in [-0.3, -0.25) is 9.59 Å². The predicted octanol–water partition coefficient (Wildman–Crippen LogP) is 3.21. The summed E-state index contributed by atoms with van der Waals surface area (Å²) in [6, 6.07) is 8.31. The molecule has 1 aromatic heterocycles. The Balaban J connectivity index is 2.11. The van der Waals surface area contributed by atoms with Crippen LogP contribution in [0.1, 0.15) is 5.56 Å². The molecule has 2 aromatic rings. The third-order valence-electron chi connectivity index (χ3n) is 2.72. The minimum absolute atomic E-state index is 0.0518. The fourth-order valence-corrected chi connectivity index (χ4v) is 2.21. The van der Waals surface area contributed by atoms with Crippen molar-refractivity contribution in [2.45, 2.75) is 13.5 Å². The highest BCUT2D eigenvalue weighted by Gasteiger charge is 2.06. The molecule has 1 aromatic carbocycles. The third-order valence-corrected chi connectivity index (χ3v) is 3.59. The van der Waals surface area contributed by atoms with Gasteiger partial charge in [0.15, 0.2) is 0 Å². The Morgan fingerprint density at radius 2 is 2.10 bits per heavy atom. The number of aryl methyl sites for hydroxylation is 1. The smallest absolute Gasteiger partial charge is 0.251 e. The van der Waals surface area contributed by atoms with Crippen molar-refractivity contribution in [2.75, 3.05) is 5.32 Å².